The standard InChI is InChI=1S/C27H23FI2O4/c1-31-26-16-23(30)27(17-22(26)29)33-15-3-2-14-32-21-10-6-19(7-11-21)25-13-12-24(34-25)18-4-8-20(28)9-5-18/h4-13,16-17H,2-3,14-15H2,1H3. The molecular weight excluding hydrogens is 661 g/mol. The molecule has 4 aromatic rings. The van der Waals surface area contributed by atoms with Crippen molar-refractivity contribution in [1.82, 2.24) is 0 Å². The fourth-order valence-electron chi connectivity index (χ4n) is 3.33. The lowest BCUT2D eigenvalue weighted by Crippen LogP contribution is -2.03. The van der Waals surface area contributed by atoms with Gasteiger partial charge in [0, 0.05) is 11.1 Å². The van der Waals surface area contributed by atoms with Crippen molar-refractivity contribution in [2.24, 2.45) is 0 Å². The summed E-state index contributed by atoms with van der Waals surface area (Å²) in [6.45, 7) is 1.25. The third-order valence-electron chi connectivity index (χ3n) is 5.14. The SMILES string of the molecule is COc1cc(I)c(OCCCCOc2ccc(-c3ccc(-c4ccc(F)cc4)o3)cc2)cc1I. The Morgan fingerprint density at radius 3 is 1.85 bits per heavy atom. The van der Waals surface area contributed by atoms with Crippen molar-refractivity contribution in [3.63, 3.8) is 0 Å². The van der Waals surface area contributed by atoms with E-state index in [1.54, 1.807) is 19.2 Å². The van der Waals surface area contributed by atoms with Gasteiger partial charge in [-0.2, -0.15) is 0 Å². The molecular formula is C27H23FI2O4. The van der Waals surface area contributed by atoms with E-state index in [9.17, 15) is 4.39 Å². The number of furan rings is 1. The van der Waals surface area contributed by atoms with Crippen LogP contribution in [0.2, 0.25) is 0 Å². The maximum absolute atomic E-state index is 13.1. The minimum absolute atomic E-state index is 0.263. The van der Waals surface area contributed by atoms with Gasteiger partial charge in [0.2, 0.25) is 0 Å². The van der Waals surface area contributed by atoms with Crippen LogP contribution in [0.3, 0.4) is 0 Å². The van der Waals surface area contributed by atoms with Crippen LogP contribution in [0.5, 0.6) is 17.2 Å². The molecule has 4 nitrogen and oxygen atoms in total. The van der Waals surface area contributed by atoms with Crippen molar-refractivity contribution in [3.05, 3.63) is 85.8 Å². The average molecular weight is 684 g/mol. The summed E-state index contributed by atoms with van der Waals surface area (Å²) in [4.78, 5) is 0. The quantitative estimate of drug-likeness (QED) is 0.125. The van der Waals surface area contributed by atoms with E-state index < -0.39 is 0 Å². The van der Waals surface area contributed by atoms with Gasteiger partial charge < -0.3 is 18.6 Å². The molecule has 0 unspecified atom stereocenters. The summed E-state index contributed by atoms with van der Waals surface area (Å²) in [7, 11) is 1.67. The number of methoxy groups -OCH3 is 1. The molecule has 34 heavy (non-hydrogen) atoms. The topological polar surface area (TPSA) is 40.8 Å². The van der Waals surface area contributed by atoms with E-state index in [0.29, 0.717) is 19.0 Å². The average Bonchev–Trinajstić information content (AvgIpc) is 3.34. The van der Waals surface area contributed by atoms with E-state index in [1.165, 1.54) is 12.1 Å². The molecule has 0 bridgehead atoms. The Bertz CT molecular complexity index is 1220. The first-order valence-electron chi connectivity index (χ1n) is 10.8. The first-order chi connectivity index (χ1) is 16.5. The first-order valence-corrected chi connectivity index (χ1v) is 12.9. The van der Waals surface area contributed by atoms with Gasteiger partial charge in [0.15, 0.2) is 0 Å². The van der Waals surface area contributed by atoms with E-state index in [4.69, 9.17) is 18.6 Å². The molecule has 0 fully saturated rings. The minimum Gasteiger partial charge on any atom is -0.496 e. The van der Waals surface area contributed by atoms with Gasteiger partial charge in [-0.1, -0.05) is 0 Å². The number of benzene rings is 3. The van der Waals surface area contributed by atoms with Crippen LogP contribution in [-0.4, -0.2) is 20.3 Å². The van der Waals surface area contributed by atoms with Crippen LogP contribution in [0, 0.1) is 13.0 Å². The van der Waals surface area contributed by atoms with Crippen LogP contribution < -0.4 is 14.2 Å². The lowest BCUT2D eigenvalue weighted by molar-refractivity contribution is 0.265. The van der Waals surface area contributed by atoms with Crippen LogP contribution in [-0.2, 0) is 0 Å². The summed E-state index contributed by atoms with van der Waals surface area (Å²) in [6, 6.07) is 21.9. The molecule has 1 aromatic heterocycles. The zero-order valence-electron chi connectivity index (χ0n) is 18.5. The summed E-state index contributed by atoms with van der Waals surface area (Å²) in [6.07, 6.45) is 1.79. The van der Waals surface area contributed by atoms with Crippen LogP contribution in [0.4, 0.5) is 4.39 Å². The van der Waals surface area contributed by atoms with E-state index in [1.807, 2.05) is 48.5 Å². The Kier molecular flexibility index (Phi) is 8.71. The van der Waals surface area contributed by atoms with Crippen molar-refractivity contribution in [3.8, 4) is 39.9 Å². The Hall–Kier alpha value is -2.27. The molecule has 3 aromatic carbocycles. The molecule has 0 aliphatic carbocycles. The zero-order chi connectivity index (χ0) is 23.9. The third kappa shape index (κ3) is 6.44. The molecule has 7 heteroatoms. The number of unbranched alkanes of at least 4 members (excludes halogenated alkanes) is 1. The molecule has 0 saturated carbocycles. The zero-order valence-corrected chi connectivity index (χ0v) is 22.8. The van der Waals surface area contributed by atoms with Gasteiger partial charge in [-0.15, -0.1) is 0 Å². The molecule has 0 spiro atoms. The summed E-state index contributed by atoms with van der Waals surface area (Å²) in [5.74, 6) is 3.75. The summed E-state index contributed by atoms with van der Waals surface area (Å²) in [5, 5.41) is 0. The monoisotopic (exact) mass is 684 g/mol. The highest BCUT2D eigenvalue weighted by atomic mass is 127. The van der Waals surface area contributed by atoms with Gasteiger partial charge in [0.25, 0.3) is 0 Å². The largest absolute Gasteiger partial charge is 0.496 e. The van der Waals surface area contributed by atoms with E-state index in [0.717, 1.165) is 54.1 Å². The summed E-state index contributed by atoms with van der Waals surface area (Å²) in [5.41, 5.74) is 1.80. The second-order valence-corrected chi connectivity index (χ2v) is 9.84. The van der Waals surface area contributed by atoms with Gasteiger partial charge >= 0.3 is 0 Å². The maximum Gasteiger partial charge on any atom is 0.134 e. The number of hydrogen-bond donors (Lipinski definition) is 0. The highest BCUT2D eigenvalue weighted by molar-refractivity contribution is 14.1. The number of ether oxygens (including phenoxy) is 3. The fourth-order valence-corrected chi connectivity index (χ4v) is 4.58. The summed E-state index contributed by atoms with van der Waals surface area (Å²) >= 11 is 4.51. The van der Waals surface area contributed by atoms with Crippen molar-refractivity contribution in [1.29, 1.82) is 0 Å². The van der Waals surface area contributed by atoms with E-state index in [-0.39, 0.29) is 5.82 Å². The predicted molar refractivity (Wildman–Crippen MR) is 148 cm³/mol. The van der Waals surface area contributed by atoms with Crippen molar-refractivity contribution in [2.75, 3.05) is 20.3 Å². The van der Waals surface area contributed by atoms with Gasteiger partial charge in [0.1, 0.15) is 34.6 Å². The van der Waals surface area contributed by atoms with Crippen LogP contribution in [0.25, 0.3) is 22.6 Å². The third-order valence-corrected chi connectivity index (χ3v) is 6.83. The smallest absolute Gasteiger partial charge is 0.134 e. The number of halogens is 3. The summed E-state index contributed by atoms with van der Waals surface area (Å²) < 4.78 is 38.3. The van der Waals surface area contributed by atoms with E-state index >= 15 is 0 Å². The predicted octanol–water partition coefficient (Wildman–Crippen LogP) is 8.21. The fraction of sp³-hybridized carbons (Fsp3) is 0.185. The van der Waals surface area contributed by atoms with Gasteiger partial charge in [0.05, 0.1) is 27.5 Å². The second-order valence-electron chi connectivity index (χ2n) is 7.52. The molecule has 0 radical (unpaired) electrons. The van der Waals surface area contributed by atoms with E-state index in [2.05, 4.69) is 45.2 Å². The lowest BCUT2D eigenvalue weighted by Gasteiger charge is -2.11. The Morgan fingerprint density at radius 2 is 1.24 bits per heavy atom. The van der Waals surface area contributed by atoms with Crippen molar-refractivity contribution in [2.45, 2.75) is 12.8 Å². The van der Waals surface area contributed by atoms with Crippen molar-refractivity contribution >= 4 is 45.2 Å². The second kappa shape index (κ2) is 11.9. The number of rotatable bonds is 10. The molecule has 0 atom stereocenters. The molecule has 0 aliphatic heterocycles. The normalized spacial score (nSPS) is 10.8. The maximum atomic E-state index is 13.1. The Labute approximate surface area is 225 Å². The molecule has 176 valence electrons. The molecule has 1 heterocycles. The lowest BCUT2D eigenvalue weighted by atomic mass is 10.1. The van der Waals surface area contributed by atoms with Crippen molar-refractivity contribution < 1.29 is 23.0 Å². The molecule has 0 aliphatic rings. The highest BCUT2D eigenvalue weighted by Gasteiger charge is 2.09. The first kappa shape index (κ1) is 24.8. The molecule has 0 saturated heterocycles. The molecule has 0 amide bonds. The van der Waals surface area contributed by atoms with Crippen LogP contribution >= 0.6 is 45.2 Å². The van der Waals surface area contributed by atoms with Crippen LogP contribution in [0.15, 0.2) is 77.2 Å². The highest BCUT2D eigenvalue weighted by Crippen LogP contribution is 2.31. The van der Waals surface area contributed by atoms with Gasteiger partial charge in [-0.05, 0) is 131 Å². The Morgan fingerprint density at radius 1 is 0.706 bits per heavy atom. The minimum atomic E-state index is -0.263. The number of hydrogen-bond acceptors (Lipinski definition) is 4. The van der Waals surface area contributed by atoms with Gasteiger partial charge in [-0.3, -0.25) is 0 Å². The van der Waals surface area contributed by atoms with Gasteiger partial charge in [-0.25, -0.2) is 4.39 Å². The molecule has 4 rings (SSSR count). The Balaban J connectivity index is 1.22. The van der Waals surface area contributed by atoms with Crippen LogP contribution in [0.1, 0.15) is 12.8 Å². The molecule has 0 N–H and O–H groups in total.